The average Bonchev–Trinajstić information content (AvgIpc) is 2.30. The summed E-state index contributed by atoms with van der Waals surface area (Å²) in [4.78, 5) is 0. The standard InChI is InChI=1S/C13H12O2S/c14-16(15)10-11-5-4-8-13(9-11)12-6-2-1-3-7-12/h1-9H,10H2,(H,14,15). The van der Waals surface area contributed by atoms with Crippen LogP contribution in [0.3, 0.4) is 0 Å². The van der Waals surface area contributed by atoms with Crippen molar-refractivity contribution in [2.75, 3.05) is 0 Å². The van der Waals surface area contributed by atoms with Gasteiger partial charge in [0.1, 0.15) is 0 Å². The molecule has 16 heavy (non-hydrogen) atoms. The molecule has 1 atom stereocenters. The predicted octanol–water partition coefficient (Wildman–Crippen LogP) is 3.08. The quantitative estimate of drug-likeness (QED) is 0.826. The number of hydrogen-bond acceptors (Lipinski definition) is 1. The van der Waals surface area contributed by atoms with Gasteiger partial charge in [0.05, 0.1) is 5.75 Å². The maximum Gasteiger partial charge on any atom is 0.157 e. The molecule has 2 aromatic carbocycles. The van der Waals surface area contributed by atoms with Gasteiger partial charge >= 0.3 is 0 Å². The Morgan fingerprint density at radius 3 is 2.31 bits per heavy atom. The van der Waals surface area contributed by atoms with Crippen LogP contribution in [0.4, 0.5) is 0 Å². The van der Waals surface area contributed by atoms with E-state index in [1.807, 2.05) is 54.6 Å². The highest BCUT2D eigenvalue weighted by Gasteiger charge is 2.01. The molecule has 2 aromatic rings. The molecule has 3 heteroatoms. The summed E-state index contributed by atoms with van der Waals surface area (Å²) in [6, 6.07) is 17.7. The highest BCUT2D eigenvalue weighted by molar-refractivity contribution is 7.78. The highest BCUT2D eigenvalue weighted by Crippen LogP contribution is 2.20. The van der Waals surface area contributed by atoms with Crippen LogP contribution in [0, 0.1) is 0 Å². The van der Waals surface area contributed by atoms with Crippen molar-refractivity contribution in [2.45, 2.75) is 5.75 Å². The molecule has 0 spiro atoms. The molecule has 0 bridgehead atoms. The van der Waals surface area contributed by atoms with Gasteiger partial charge in [0.25, 0.3) is 0 Å². The molecule has 0 saturated heterocycles. The largest absolute Gasteiger partial charge is 0.306 e. The van der Waals surface area contributed by atoms with Crippen LogP contribution in [-0.4, -0.2) is 8.76 Å². The molecule has 0 aromatic heterocycles. The van der Waals surface area contributed by atoms with Gasteiger partial charge < -0.3 is 4.55 Å². The van der Waals surface area contributed by atoms with Crippen LogP contribution in [0.25, 0.3) is 11.1 Å². The Bertz CT molecular complexity index is 494. The lowest BCUT2D eigenvalue weighted by Gasteiger charge is -2.03. The Labute approximate surface area is 97.2 Å². The van der Waals surface area contributed by atoms with Crippen molar-refractivity contribution >= 4 is 11.1 Å². The molecule has 2 rings (SSSR count). The van der Waals surface area contributed by atoms with E-state index >= 15 is 0 Å². The van der Waals surface area contributed by atoms with Gasteiger partial charge in [-0.25, -0.2) is 4.21 Å². The van der Waals surface area contributed by atoms with E-state index < -0.39 is 11.1 Å². The molecule has 0 heterocycles. The second-order valence-electron chi connectivity index (χ2n) is 3.53. The summed E-state index contributed by atoms with van der Waals surface area (Å²) in [5, 5.41) is 0. The molecule has 0 saturated carbocycles. The third-order valence-electron chi connectivity index (χ3n) is 2.32. The predicted molar refractivity (Wildman–Crippen MR) is 66.4 cm³/mol. The monoisotopic (exact) mass is 232 g/mol. The van der Waals surface area contributed by atoms with Crippen molar-refractivity contribution < 1.29 is 8.76 Å². The summed E-state index contributed by atoms with van der Waals surface area (Å²) in [5.74, 6) is 0.181. The topological polar surface area (TPSA) is 37.3 Å². The highest BCUT2D eigenvalue weighted by atomic mass is 32.2. The van der Waals surface area contributed by atoms with E-state index in [0.29, 0.717) is 0 Å². The van der Waals surface area contributed by atoms with Crippen LogP contribution in [0.5, 0.6) is 0 Å². The fourth-order valence-corrected chi connectivity index (χ4v) is 2.08. The first-order chi connectivity index (χ1) is 7.75. The minimum atomic E-state index is -1.78. The Morgan fingerprint density at radius 2 is 1.62 bits per heavy atom. The Hall–Kier alpha value is -1.45. The van der Waals surface area contributed by atoms with Crippen LogP contribution in [0.2, 0.25) is 0 Å². The summed E-state index contributed by atoms with van der Waals surface area (Å²) in [7, 11) is 0. The summed E-state index contributed by atoms with van der Waals surface area (Å²) < 4.78 is 19.6. The van der Waals surface area contributed by atoms with Crippen molar-refractivity contribution in [2.24, 2.45) is 0 Å². The first-order valence-electron chi connectivity index (χ1n) is 4.97. The second-order valence-corrected chi connectivity index (χ2v) is 4.46. The third-order valence-corrected chi connectivity index (χ3v) is 2.90. The fourth-order valence-electron chi connectivity index (χ4n) is 1.61. The van der Waals surface area contributed by atoms with Crippen molar-refractivity contribution in [3.8, 4) is 11.1 Å². The second kappa shape index (κ2) is 5.05. The summed E-state index contributed by atoms with van der Waals surface area (Å²) in [6.45, 7) is 0. The van der Waals surface area contributed by atoms with Gasteiger partial charge in [-0.15, -0.1) is 0 Å². The minimum Gasteiger partial charge on any atom is -0.306 e. The van der Waals surface area contributed by atoms with Crippen LogP contribution in [0.15, 0.2) is 54.6 Å². The Kier molecular flexibility index (Phi) is 3.49. The van der Waals surface area contributed by atoms with E-state index in [1.54, 1.807) is 0 Å². The van der Waals surface area contributed by atoms with Crippen LogP contribution >= 0.6 is 0 Å². The zero-order valence-corrected chi connectivity index (χ0v) is 9.48. The molecular weight excluding hydrogens is 220 g/mol. The number of rotatable bonds is 3. The zero-order chi connectivity index (χ0) is 11.4. The van der Waals surface area contributed by atoms with Crippen molar-refractivity contribution in [3.05, 3.63) is 60.2 Å². The van der Waals surface area contributed by atoms with Gasteiger partial charge in [0.15, 0.2) is 11.1 Å². The smallest absolute Gasteiger partial charge is 0.157 e. The van der Waals surface area contributed by atoms with Gasteiger partial charge in [0.2, 0.25) is 0 Å². The van der Waals surface area contributed by atoms with Gasteiger partial charge in [0, 0.05) is 0 Å². The van der Waals surface area contributed by atoms with Crippen molar-refractivity contribution in [1.82, 2.24) is 0 Å². The Balaban J connectivity index is 2.33. The first kappa shape index (κ1) is 11.0. The molecular formula is C13H12O2S. The molecule has 0 aliphatic rings. The maximum absolute atomic E-state index is 10.7. The molecule has 2 nitrogen and oxygen atoms in total. The van der Waals surface area contributed by atoms with E-state index in [9.17, 15) is 4.21 Å². The molecule has 1 N–H and O–H groups in total. The van der Waals surface area contributed by atoms with Crippen LogP contribution < -0.4 is 0 Å². The molecule has 0 amide bonds. The number of benzene rings is 2. The first-order valence-corrected chi connectivity index (χ1v) is 6.25. The minimum absolute atomic E-state index is 0.181. The van der Waals surface area contributed by atoms with Crippen molar-refractivity contribution in [1.29, 1.82) is 0 Å². The zero-order valence-electron chi connectivity index (χ0n) is 8.67. The van der Waals surface area contributed by atoms with Gasteiger partial charge in [-0.2, -0.15) is 0 Å². The van der Waals surface area contributed by atoms with E-state index in [0.717, 1.165) is 16.7 Å². The lowest BCUT2D eigenvalue weighted by atomic mass is 10.0. The SMILES string of the molecule is O=S(O)Cc1cccc(-c2ccccc2)c1. The lowest BCUT2D eigenvalue weighted by molar-refractivity contribution is 0.563. The average molecular weight is 232 g/mol. The third kappa shape index (κ3) is 2.78. The molecule has 0 radical (unpaired) electrons. The van der Waals surface area contributed by atoms with E-state index in [1.165, 1.54) is 0 Å². The van der Waals surface area contributed by atoms with Crippen LogP contribution in [0.1, 0.15) is 5.56 Å². The summed E-state index contributed by atoms with van der Waals surface area (Å²) >= 11 is -1.78. The maximum atomic E-state index is 10.7. The van der Waals surface area contributed by atoms with E-state index in [4.69, 9.17) is 4.55 Å². The van der Waals surface area contributed by atoms with Gasteiger partial charge in [-0.1, -0.05) is 54.6 Å². The van der Waals surface area contributed by atoms with Crippen molar-refractivity contribution in [3.63, 3.8) is 0 Å². The van der Waals surface area contributed by atoms with Crippen LogP contribution in [-0.2, 0) is 16.8 Å². The normalized spacial score (nSPS) is 12.3. The van der Waals surface area contributed by atoms with Gasteiger partial charge in [-0.05, 0) is 16.7 Å². The molecule has 0 aliphatic heterocycles. The molecule has 82 valence electrons. The molecule has 0 aliphatic carbocycles. The number of hydrogen-bond donors (Lipinski definition) is 1. The summed E-state index contributed by atoms with van der Waals surface area (Å²) in [5.41, 5.74) is 3.07. The van der Waals surface area contributed by atoms with E-state index in [2.05, 4.69) is 0 Å². The van der Waals surface area contributed by atoms with Gasteiger partial charge in [-0.3, -0.25) is 0 Å². The lowest BCUT2D eigenvalue weighted by Crippen LogP contribution is -1.92. The Morgan fingerprint density at radius 1 is 0.938 bits per heavy atom. The summed E-state index contributed by atoms with van der Waals surface area (Å²) in [6.07, 6.45) is 0. The van der Waals surface area contributed by atoms with E-state index in [-0.39, 0.29) is 5.75 Å². The molecule has 0 fully saturated rings. The molecule has 1 unspecified atom stereocenters. The fraction of sp³-hybridized carbons (Fsp3) is 0.0769.